The van der Waals surface area contributed by atoms with Crippen LogP contribution in [0.5, 0.6) is 0 Å². The summed E-state index contributed by atoms with van der Waals surface area (Å²) in [6.07, 6.45) is 4.03. The minimum absolute atomic E-state index is 0.00261. The second-order valence-electron chi connectivity index (χ2n) is 5.65. The molecular formula is C17H17N3O5S2. The lowest BCUT2D eigenvalue weighted by atomic mass is 10.0. The fourth-order valence-corrected chi connectivity index (χ4v) is 5.07. The van der Waals surface area contributed by atoms with Crippen molar-refractivity contribution >= 4 is 41.5 Å². The molecule has 2 amide bonds. The number of nitrogens with zero attached hydrogens (tertiary/aromatic N) is 2. The Labute approximate surface area is 164 Å². The van der Waals surface area contributed by atoms with E-state index in [9.17, 15) is 19.5 Å². The molecule has 2 aliphatic heterocycles. The number of β-lactam (4-membered cyclic amide) rings is 1. The number of fused-ring (bicyclic) bond motifs is 1. The maximum atomic E-state index is 12.4. The number of rotatable bonds is 7. The zero-order chi connectivity index (χ0) is 19.4. The highest BCUT2D eigenvalue weighted by Crippen LogP contribution is 2.41. The molecule has 0 spiro atoms. The van der Waals surface area contributed by atoms with Crippen LogP contribution >= 0.6 is 23.5 Å². The van der Waals surface area contributed by atoms with E-state index in [2.05, 4.69) is 16.9 Å². The molecule has 142 valence electrons. The van der Waals surface area contributed by atoms with Crippen molar-refractivity contribution < 1.29 is 24.2 Å². The molecule has 3 rings (SSSR count). The molecule has 2 atom stereocenters. The summed E-state index contributed by atoms with van der Waals surface area (Å²) in [6.45, 7) is 3.48. The molecule has 1 aromatic rings. The first kappa shape index (κ1) is 19.3. The number of pyridine rings is 1. The number of amides is 2. The van der Waals surface area contributed by atoms with Gasteiger partial charge in [-0.1, -0.05) is 12.7 Å². The Morgan fingerprint density at radius 1 is 1.48 bits per heavy atom. The first-order valence-corrected chi connectivity index (χ1v) is 10.0. The summed E-state index contributed by atoms with van der Waals surface area (Å²) in [5.41, 5.74) is 0.675. The van der Waals surface area contributed by atoms with Crippen molar-refractivity contribution in [3.63, 3.8) is 0 Å². The fraction of sp³-hybridized carbons (Fsp3) is 0.294. The highest BCUT2D eigenvalue weighted by Gasteiger charge is 2.54. The normalized spacial score (nSPS) is 21.2. The van der Waals surface area contributed by atoms with Crippen LogP contribution in [0.15, 0.2) is 53.3 Å². The van der Waals surface area contributed by atoms with Gasteiger partial charge in [-0.2, -0.15) is 0 Å². The lowest BCUT2D eigenvalue weighted by Gasteiger charge is -2.49. The van der Waals surface area contributed by atoms with Gasteiger partial charge in [0.05, 0.1) is 0 Å². The zero-order valence-corrected chi connectivity index (χ0v) is 15.8. The number of alkyl carbamates (subject to hydrolysis) is 1. The van der Waals surface area contributed by atoms with Gasteiger partial charge < -0.3 is 15.2 Å². The number of aromatic nitrogens is 1. The molecule has 0 aliphatic carbocycles. The predicted octanol–water partition coefficient (Wildman–Crippen LogP) is 1.71. The molecule has 1 aromatic heterocycles. The number of hydrogen-bond acceptors (Lipinski definition) is 7. The van der Waals surface area contributed by atoms with Crippen LogP contribution in [0.25, 0.3) is 0 Å². The summed E-state index contributed by atoms with van der Waals surface area (Å²) in [4.78, 5) is 42.1. The molecule has 10 heteroatoms. The van der Waals surface area contributed by atoms with E-state index in [4.69, 9.17) is 4.74 Å². The minimum Gasteiger partial charge on any atom is -0.477 e. The molecule has 3 heterocycles. The van der Waals surface area contributed by atoms with Crippen molar-refractivity contribution in [2.75, 3.05) is 18.1 Å². The first-order valence-electron chi connectivity index (χ1n) is 8.00. The molecule has 1 fully saturated rings. The summed E-state index contributed by atoms with van der Waals surface area (Å²) in [5, 5.41) is 11.7. The number of hydrogen-bond donors (Lipinski definition) is 2. The highest BCUT2D eigenvalue weighted by atomic mass is 32.2. The third-order valence-electron chi connectivity index (χ3n) is 3.92. The summed E-state index contributed by atoms with van der Waals surface area (Å²) in [5.74, 6) is -0.680. The van der Waals surface area contributed by atoms with Crippen molar-refractivity contribution in [2.24, 2.45) is 0 Å². The molecule has 27 heavy (non-hydrogen) atoms. The van der Waals surface area contributed by atoms with Crippen molar-refractivity contribution in [1.82, 2.24) is 15.2 Å². The van der Waals surface area contributed by atoms with Crippen molar-refractivity contribution in [3.8, 4) is 0 Å². The largest absolute Gasteiger partial charge is 0.477 e. The van der Waals surface area contributed by atoms with Crippen LogP contribution in [-0.4, -0.2) is 62.5 Å². The minimum atomic E-state index is -1.15. The van der Waals surface area contributed by atoms with Crippen molar-refractivity contribution in [1.29, 1.82) is 0 Å². The number of carbonyl (C=O) groups excluding carboxylic acids is 2. The lowest BCUT2D eigenvalue weighted by molar-refractivity contribution is -0.149. The molecule has 2 aliphatic rings. The van der Waals surface area contributed by atoms with Crippen molar-refractivity contribution in [2.45, 2.75) is 16.3 Å². The average molecular weight is 407 g/mol. The average Bonchev–Trinajstić information content (AvgIpc) is 2.68. The SMILES string of the molecule is C=CCOC(=O)N[C@@H]1C(=O)N2C(C(=O)O)=C(CSc3ccncc3)CS[C@H]12. The lowest BCUT2D eigenvalue weighted by Crippen LogP contribution is -2.70. The summed E-state index contributed by atoms with van der Waals surface area (Å²) >= 11 is 2.91. The summed E-state index contributed by atoms with van der Waals surface area (Å²) in [6, 6.07) is 2.89. The van der Waals surface area contributed by atoms with E-state index in [0.717, 1.165) is 4.90 Å². The van der Waals surface area contributed by atoms with Crippen LogP contribution in [0.1, 0.15) is 0 Å². The standard InChI is InChI=1S/C17H17N3O5S2/c1-2-7-25-17(24)19-12-14(21)20-13(16(22)23)10(9-27-15(12)20)8-26-11-3-5-18-6-4-11/h2-6,12,15H,1,7-9H2,(H,19,24)(H,22,23)/t12-,15-/m1/s1. The zero-order valence-electron chi connectivity index (χ0n) is 14.2. The summed E-state index contributed by atoms with van der Waals surface area (Å²) in [7, 11) is 0. The molecule has 0 saturated carbocycles. The van der Waals surface area contributed by atoms with Crippen LogP contribution in [-0.2, 0) is 14.3 Å². The van der Waals surface area contributed by atoms with Crippen LogP contribution < -0.4 is 5.32 Å². The van der Waals surface area contributed by atoms with Gasteiger partial charge in [-0.25, -0.2) is 9.59 Å². The number of carbonyl (C=O) groups is 3. The number of thioether (sulfide) groups is 2. The number of aliphatic carboxylic acids is 1. The van der Waals surface area contributed by atoms with Gasteiger partial charge in [0.2, 0.25) is 0 Å². The van der Waals surface area contributed by atoms with Crippen molar-refractivity contribution in [3.05, 3.63) is 48.5 Å². The monoisotopic (exact) mass is 407 g/mol. The van der Waals surface area contributed by atoms with Crippen LogP contribution in [0.3, 0.4) is 0 Å². The molecule has 2 N–H and O–H groups in total. The Balaban J connectivity index is 1.70. The fourth-order valence-electron chi connectivity index (χ4n) is 2.70. The smallest absolute Gasteiger partial charge is 0.408 e. The van der Waals surface area contributed by atoms with E-state index in [1.54, 1.807) is 12.4 Å². The van der Waals surface area contributed by atoms with E-state index in [0.29, 0.717) is 17.1 Å². The third-order valence-corrected chi connectivity index (χ3v) is 6.36. The van der Waals surface area contributed by atoms with Crippen LogP contribution in [0.2, 0.25) is 0 Å². The molecule has 0 bridgehead atoms. The highest BCUT2D eigenvalue weighted by molar-refractivity contribution is 8.01. The Kier molecular flexibility index (Phi) is 6.07. The van der Waals surface area contributed by atoms with Crippen LogP contribution in [0, 0.1) is 0 Å². The van der Waals surface area contributed by atoms with Gasteiger partial charge in [0.25, 0.3) is 5.91 Å². The quantitative estimate of drug-likeness (QED) is 0.399. The molecule has 8 nitrogen and oxygen atoms in total. The van der Waals surface area contributed by atoms with Gasteiger partial charge in [-0.05, 0) is 17.7 Å². The van der Waals surface area contributed by atoms with Crippen LogP contribution in [0.4, 0.5) is 4.79 Å². The van der Waals surface area contributed by atoms with E-state index in [-0.39, 0.29) is 12.3 Å². The number of ether oxygens (including phenoxy) is 1. The Morgan fingerprint density at radius 2 is 2.22 bits per heavy atom. The predicted molar refractivity (Wildman–Crippen MR) is 101 cm³/mol. The number of nitrogens with one attached hydrogen (secondary N) is 1. The Bertz CT molecular complexity index is 799. The second kappa shape index (κ2) is 8.49. The molecule has 0 unspecified atom stereocenters. The number of carboxylic acids is 1. The van der Waals surface area contributed by atoms with Gasteiger partial charge >= 0.3 is 12.1 Å². The summed E-state index contributed by atoms with van der Waals surface area (Å²) < 4.78 is 4.82. The molecular weight excluding hydrogens is 390 g/mol. The van der Waals surface area contributed by atoms with Gasteiger partial charge in [0, 0.05) is 28.8 Å². The molecule has 0 aromatic carbocycles. The maximum absolute atomic E-state index is 12.4. The van der Waals surface area contributed by atoms with E-state index < -0.39 is 29.4 Å². The first-order chi connectivity index (χ1) is 13.0. The maximum Gasteiger partial charge on any atom is 0.408 e. The van der Waals surface area contributed by atoms with E-state index in [1.807, 2.05) is 12.1 Å². The Hall–Kier alpha value is -2.46. The second-order valence-corrected chi connectivity index (χ2v) is 7.80. The Morgan fingerprint density at radius 3 is 2.89 bits per heavy atom. The van der Waals surface area contributed by atoms with E-state index in [1.165, 1.54) is 34.5 Å². The van der Waals surface area contributed by atoms with E-state index >= 15 is 0 Å². The molecule has 1 saturated heterocycles. The van der Waals surface area contributed by atoms with Gasteiger partial charge in [0.15, 0.2) is 0 Å². The molecule has 0 radical (unpaired) electrons. The topological polar surface area (TPSA) is 109 Å². The third kappa shape index (κ3) is 4.11. The number of carboxylic acid groups (broad SMARTS) is 1. The van der Waals surface area contributed by atoms with Gasteiger partial charge in [-0.3, -0.25) is 14.7 Å². The van der Waals surface area contributed by atoms with Gasteiger partial charge in [0.1, 0.15) is 23.7 Å². The van der Waals surface area contributed by atoms with Gasteiger partial charge in [-0.15, -0.1) is 23.5 Å².